The van der Waals surface area contributed by atoms with Crippen molar-refractivity contribution in [2.24, 2.45) is 0 Å². The Bertz CT molecular complexity index is 837. The summed E-state index contributed by atoms with van der Waals surface area (Å²) in [6, 6.07) is 7.77. The van der Waals surface area contributed by atoms with Crippen molar-refractivity contribution in [3.63, 3.8) is 0 Å². The molecule has 0 heterocycles. The van der Waals surface area contributed by atoms with Crippen LogP contribution in [0.4, 0.5) is 4.79 Å². The Hall–Kier alpha value is -2.72. The fourth-order valence-corrected chi connectivity index (χ4v) is 4.41. The Kier molecular flexibility index (Phi) is 10.9. The molecule has 1 N–H and O–H groups in total. The second-order valence-corrected chi connectivity index (χ2v) is 14.4. The molecular weight excluding hydrogens is 458 g/mol. The summed E-state index contributed by atoms with van der Waals surface area (Å²) in [4.78, 5) is 48.1. The fraction of sp³-hybridized carbons (Fsp3) is 0.583. The molecule has 0 aliphatic carbocycles. The summed E-state index contributed by atoms with van der Waals surface area (Å²) < 4.78 is 22.3. The van der Waals surface area contributed by atoms with E-state index < -0.39 is 50.7 Å². The number of nitrogens with one attached hydrogen (secondary N) is 1. The van der Waals surface area contributed by atoms with Gasteiger partial charge in [-0.1, -0.05) is 51.1 Å². The van der Waals surface area contributed by atoms with Gasteiger partial charge in [-0.05, 0) is 30.6 Å². The molecule has 0 unspecified atom stereocenters. The van der Waals surface area contributed by atoms with Crippen LogP contribution in [0.25, 0.3) is 0 Å². The summed E-state index contributed by atoms with van der Waals surface area (Å²) >= 11 is 0. The predicted octanol–water partition coefficient (Wildman–Crippen LogP) is 3.75. The predicted molar refractivity (Wildman–Crippen MR) is 128 cm³/mol. The van der Waals surface area contributed by atoms with Crippen LogP contribution < -0.4 is 5.32 Å². The first-order valence-electron chi connectivity index (χ1n) is 11.1. The number of carbonyl (C=O) groups excluding carboxylic acids is 4. The Labute approximate surface area is 202 Å². The fourth-order valence-electron chi connectivity index (χ4n) is 2.99. The van der Waals surface area contributed by atoms with E-state index in [0.29, 0.717) is 6.29 Å². The molecule has 1 rings (SSSR count). The Morgan fingerprint density at radius 1 is 1.03 bits per heavy atom. The first kappa shape index (κ1) is 29.3. The lowest BCUT2D eigenvalue weighted by molar-refractivity contribution is -0.163. The number of esters is 2. The number of rotatable bonds is 11. The molecule has 9 nitrogen and oxygen atoms in total. The second-order valence-electron chi connectivity index (χ2n) is 9.60. The minimum Gasteiger partial charge on any atom is -0.457 e. The van der Waals surface area contributed by atoms with Gasteiger partial charge in [0.1, 0.15) is 12.6 Å². The summed E-state index contributed by atoms with van der Waals surface area (Å²) in [6.07, 6.45) is -3.80. The van der Waals surface area contributed by atoms with Crippen molar-refractivity contribution in [1.82, 2.24) is 5.32 Å². The van der Waals surface area contributed by atoms with Gasteiger partial charge in [-0.3, -0.25) is 14.4 Å². The van der Waals surface area contributed by atoms with Gasteiger partial charge in [0.2, 0.25) is 0 Å². The summed E-state index contributed by atoms with van der Waals surface area (Å²) in [5, 5.41) is 2.39. The second kappa shape index (κ2) is 12.7. The van der Waals surface area contributed by atoms with Crippen LogP contribution in [0.3, 0.4) is 0 Å². The summed E-state index contributed by atoms with van der Waals surface area (Å²) in [7, 11) is -2.34. The number of aldehydes is 1. The topological polar surface area (TPSA) is 117 Å². The van der Waals surface area contributed by atoms with Gasteiger partial charge in [-0.15, -0.1) is 0 Å². The summed E-state index contributed by atoms with van der Waals surface area (Å²) in [6.45, 7) is 14.2. The molecule has 4 atom stereocenters. The van der Waals surface area contributed by atoms with E-state index in [2.05, 4.69) is 26.1 Å². The molecule has 0 spiro atoms. The zero-order valence-corrected chi connectivity index (χ0v) is 22.2. The Morgan fingerprint density at radius 3 is 2.06 bits per heavy atom. The van der Waals surface area contributed by atoms with Gasteiger partial charge in [0.05, 0.1) is 6.10 Å². The molecule has 0 bridgehead atoms. The van der Waals surface area contributed by atoms with E-state index in [4.69, 9.17) is 18.6 Å². The molecule has 0 saturated heterocycles. The maximum absolute atomic E-state index is 12.6. The zero-order chi connectivity index (χ0) is 26.1. The van der Waals surface area contributed by atoms with Gasteiger partial charge in [0.15, 0.2) is 26.8 Å². The monoisotopic (exact) mass is 495 g/mol. The number of carbonyl (C=O) groups is 4. The van der Waals surface area contributed by atoms with Crippen LogP contribution in [0.1, 0.15) is 47.1 Å². The third-order valence-corrected chi connectivity index (χ3v) is 10.3. The number of amides is 1. The third-order valence-electron chi connectivity index (χ3n) is 5.69. The quantitative estimate of drug-likeness (QED) is 0.213. The van der Waals surface area contributed by atoms with E-state index in [1.165, 1.54) is 6.92 Å². The van der Waals surface area contributed by atoms with Crippen LogP contribution >= 0.6 is 0 Å². The first-order chi connectivity index (χ1) is 15.7. The van der Waals surface area contributed by atoms with Crippen LogP contribution in [0.5, 0.6) is 0 Å². The van der Waals surface area contributed by atoms with Crippen LogP contribution in [0.2, 0.25) is 18.1 Å². The average molecular weight is 496 g/mol. The van der Waals surface area contributed by atoms with Gasteiger partial charge < -0.3 is 24.0 Å². The van der Waals surface area contributed by atoms with Crippen molar-refractivity contribution in [2.75, 3.05) is 0 Å². The molecule has 0 saturated carbocycles. The lowest BCUT2D eigenvalue weighted by Gasteiger charge is -2.42. The highest BCUT2D eigenvalue weighted by Crippen LogP contribution is 2.38. The SMILES string of the molecule is CC(=O)O[C@H]([C@@H](NC(=O)OCc1ccccc1)[C@H](C=O)OC(C)=O)[C@H](C)O[Si](C)(C)C(C)(C)C. The van der Waals surface area contributed by atoms with Gasteiger partial charge in [-0.2, -0.15) is 0 Å². The molecule has 0 aromatic heterocycles. The van der Waals surface area contributed by atoms with Crippen molar-refractivity contribution in [2.45, 2.75) is 90.6 Å². The van der Waals surface area contributed by atoms with E-state index >= 15 is 0 Å². The van der Waals surface area contributed by atoms with E-state index in [1.807, 2.05) is 19.2 Å². The smallest absolute Gasteiger partial charge is 0.407 e. The molecule has 1 amide bonds. The standard InChI is InChI=1S/C24H37NO8Si/c1-16(33-34(7,8)24(4,5)6)22(32-18(3)28)21(20(14-26)31-17(2)27)25-23(29)30-15-19-12-10-9-11-13-19/h9-14,16,20-22H,15H2,1-8H3,(H,25,29)/t16-,20-,21-,22-/m0/s1. The highest BCUT2D eigenvalue weighted by atomic mass is 28.4. The van der Waals surface area contributed by atoms with Crippen molar-refractivity contribution in [3.8, 4) is 0 Å². The first-order valence-corrected chi connectivity index (χ1v) is 14.0. The number of ether oxygens (including phenoxy) is 3. The molecule has 34 heavy (non-hydrogen) atoms. The van der Waals surface area contributed by atoms with Crippen LogP contribution in [0, 0.1) is 0 Å². The number of alkyl carbamates (subject to hydrolysis) is 1. The average Bonchev–Trinajstić information content (AvgIpc) is 2.72. The third kappa shape index (κ3) is 9.26. The van der Waals surface area contributed by atoms with Gasteiger partial charge in [0, 0.05) is 13.8 Å². The minimum atomic E-state index is -2.34. The van der Waals surface area contributed by atoms with E-state index in [-0.39, 0.29) is 11.6 Å². The molecule has 1 aromatic carbocycles. The molecule has 0 fully saturated rings. The van der Waals surface area contributed by atoms with Gasteiger partial charge in [0.25, 0.3) is 0 Å². The minimum absolute atomic E-state index is 0.0209. The van der Waals surface area contributed by atoms with Crippen LogP contribution in [-0.2, 0) is 39.6 Å². The summed E-state index contributed by atoms with van der Waals surface area (Å²) in [5.41, 5.74) is 0.757. The number of hydrogen-bond donors (Lipinski definition) is 1. The van der Waals surface area contributed by atoms with E-state index in [0.717, 1.165) is 12.5 Å². The lowest BCUT2D eigenvalue weighted by atomic mass is 10.0. The van der Waals surface area contributed by atoms with Crippen molar-refractivity contribution in [3.05, 3.63) is 35.9 Å². The molecular formula is C24H37NO8Si. The highest BCUT2D eigenvalue weighted by molar-refractivity contribution is 6.74. The van der Waals surface area contributed by atoms with E-state index in [9.17, 15) is 19.2 Å². The maximum Gasteiger partial charge on any atom is 0.407 e. The molecule has 1 aromatic rings. The van der Waals surface area contributed by atoms with Gasteiger partial charge >= 0.3 is 18.0 Å². The molecule has 190 valence electrons. The van der Waals surface area contributed by atoms with Crippen molar-refractivity contribution in [1.29, 1.82) is 0 Å². The van der Waals surface area contributed by atoms with Crippen LogP contribution in [-0.4, -0.2) is 57.0 Å². The zero-order valence-electron chi connectivity index (χ0n) is 21.2. The van der Waals surface area contributed by atoms with Crippen LogP contribution in [0.15, 0.2) is 30.3 Å². The lowest BCUT2D eigenvalue weighted by Crippen LogP contribution is -2.59. The largest absolute Gasteiger partial charge is 0.457 e. The van der Waals surface area contributed by atoms with Crippen molar-refractivity contribution < 1.29 is 37.8 Å². The van der Waals surface area contributed by atoms with Crippen molar-refractivity contribution >= 4 is 32.6 Å². The Morgan fingerprint density at radius 2 is 1.59 bits per heavy atom. The Balaban J connectivity index is 3.22. The summed E-state index contributed by atoms with van der Waals surface area (Å²) in [5.74, 6) is -1.38. The molecule has 10 heteroatoms. The molecule has 0 radical (unpaired) electrons. The highest BCUT2D eigenvalue weighted by Gasteiger charge is 2.44. The molecule has 0 aliphatic heterocycles. The van der Waals surface area contributed by atoms with E-state index in [1.54, 1.807) is 31.2 Å². The number of benzene rings is 1. The molecule has 0 aliphatic rings. The maximum atomic E-state index is 12.6. The van der Waals surface area contributed by atoms with Gasteiger partial charge in [-0.25, -0.2) is 4.79 Å². The normalized spacial score (nSPS) is 15.3. The number of hydrogen-bond acceptors (Lipinski definition) is 8.